The maximum atomic E-state index is 12.1. The molecule has 0 aliphatic rings. The van der Waals surface area contributed by atoms with Crippen molar-refractivity contribution in [1.82, 2.24) is 4.72 Å². The summed E-state index contributed by atoms with van der Waals surface area (Å²) in [6.07, 6.45) is 0.787. The highest BCUT2D eigenvalue weighted by Crippen LogP contribution is 2.23. The average Bonchev–Trinajstić information content (AvgIpc) is 2.13. The molecule has 0 aromatic heterocycles. The van der Waals surface area contributed by atoms with E-state index in [2.05, 4.69) is 34.5 Å². The molecule has 1 atom stereocenters. The molecule has 0 fully saturated rings. The van der Waals surface area contributed by atoms with E-state index in [0.29, 0.717) is 5.92 Å². The fourth-order valence-electron chi connectivity index (χ4n) is 1.85. The van der Waals surface area contributed by atoms with Gasteiger partial charge in [0.15, 0.2) is 0 Å². The molecule has 102 valence electrons. The Morgan fingerprint density at radius 2 is 1.94 bits per heavy atom. The molecule has 0 aliphatic carbocycles. The van der Waals surface area contributed by atoms with Crippen molar-refractivity contribution in [2.75, 3.05) is 5.73 Å². The zero-order valence-electron chi connectivity index (χ0n) is 10.8. The molecule has 1 rings (SSSR count). The van der Waals surface area contributed by atoms with Crippen LogP contribution in [0.5, 0.6) is 0 Å². The molecule has 6 heteroatoms. The molecule has 3 N–H and O–H groups in total. The monoisotopic (exact) mass is 334 g/mol. The van der Waals surface area contributed by atoms with Gasteiger partial charge in [0.2, 0.25) is 10.0 Å². The lowest BCUT2D eigenvalue weighted by Crippen LogP contribution is -2.33. The summed E-state index contributed by atoms with van der Waals surface area (Å²) in [5.74, 6) is 0.435. The van der Waals surface area contributed by atoms with Gasteiger partial charge in [-0.2, -0.15) is 0 Å². The number of rotatable bonds is 5. The molecule has 1 aromatic rings. The van der Waals surface area contributed by atoms with Crippen molar-refractivity contribution in [2.24, 2.45) is 5.92 Å². The number of anilines is 1. The van der Waals surface area contributed by atoms with Crippen LogP contribution in [0.2, 0.25) is 0 Å². The number of benzene rings is 1. The molecule has 0 heterocycles. The Morgan fingerprint density at radius 3 is 2.44 bits per heavy atom. The van der Waals surface area contributed by atoms with Gasteiger partial charge in [0.05, 0.1) is 5.69 Å². The third kappa shape index (κ3) is 4.26. The smallest absolute Gasteiger partial charge is 0.242 e. The van der Waals surface area contributed by atoms with Crippen LogP contribution in [0.3, 0.4) is 0 Å². The van der Waals surface area contributed by atoms with Gasteiger partial charge in [-0.3, -0.25) is 0 Å². The van der Waals surface area contributed by atoms with Crippen molar-refractivity contribution >= 4 is 31.6 Å². The summed E-state index contributed by atoms with van der Waals surface area (Å²) < 4.78 is 27.7. The molecule has 0 bridgehead atoms. The van der Waals surface area contributed by atoms with E-state index in [9.17, 15) is 8.42 Å². The van der Waals surface area contributed by atoms with Crippen LogP contribution < -0.4 is 10.5 Å². The quantitative estimate of drug-likeness (QED) is 0.813. The third-order valence-electron chi connectivity index (χ3n) is 2.44. The van der Waals surface area contributed by atoms with Crippen LogP contribution in [0.25, 0.3) is 0 Å². The predicted octanol–water partition coefficient (Wildman–Crippen LogP) is 2.74. The third-order valence-corrected chi connectivity index (χ3v) is 4.60. The second-order valence-electron chi connectivity index (χ2n) is 4.83. The first-order valence-corrected chi connectivity index (χ1v) is 8.07. The maximum Gasteiger partial charge on any atom is 0.242 e. The summed E-state index contributed by atoms with van der Waals surface area (Å²) in [7, 11) is -3.55. The summed E-state index contributed by atoms with van der Waals surface area (Å²) in [6, 6.07) is 4.64. The zero-order chi connectivity index (χ0) is 13.9. The Labute approximate surface area is 117 Å². The van der Waals surface area contributed by atoms with Crippen LogP contribution in [-0.2, 0) is 10.0 Å². The number of nitrogens with two attached hydrogens (primary N) is 1. The van der Waals surface area contributed by atoms with E-state index in [4.69, 9.17) is 5.73 Å². The Balaban J connectivity index is 2.93. The normalized spacial score (nSPS) is 13.8. The highest BCUT2D eigenvalue weighted by Gasteiger charge is 2.20. The van der Waals surface area contributed by atoms with Gasteiger partial charge < -0.3 is 5.73 Å². The van der Waals surface area contributed by atoms with E-state index in [0.717, 1.165) is 10.9 Å². The molecular formula is C12H19BrN2O2S. The zero-order valence-corrected chi connectivity index (χ0v) is 13.2. The van der Waals surface area contributed by atoms with Gasteiger partial charge in [-0.05, 0) is 37.5 Å². The van der Waals surface area contributed by atoms with Crippen molar-refractivity contribution in [3.8, 4) is 0 Å². The highest BCUT2D eigenvalue weighted by molar-refractivity contribution is 9.10. The second kappa shape index (κ2) is 6.04. The Kier molecular flexibility index (Phi) is 5.19. The number of sulfonamides is 1. The van der Waals surface area contributed by atoms with Crippen LogP contribution in [0.1, 0.15) is 27.2 Å². The molecule has 0 saturated carbocycles. The van der Waals surface area contributed by atoms with E-state index < -0.39 is 10.0 Å². The molecule has 0 radical (unpaired) electrons. The van der Waals surface area contributed by atoms with Gasteiger partial charge in [-0.15, -0.1) is 0 Å². The SMILES string of the molecule is CC(C)CC(C)NS(=O)(=O)c1ccc(Br)cc1N. The van der Waals surface area contributed by atoms with Gasteiger partial charge in [-0.1, -0.05) is 29.8 Å². The second-order valence-corrected chi connectivity index (χ2v) is 7.43. The van der Waals surface area contributed by atoms with Crippen molar-refractivity contribution in [3.05, 3.63) is 22.7 Å². The molecular weight excluding hydrogens is 316 g/mol. The fourth-order valence-corrected chi connectivity index (χ4v) is 3.60. The van der Waals surface area contributed by atoms with Gasteiger partial charge in [0.1, 0.15) is 4.90 Å². The van der Waals surface area contributed by atoms with E-state index in [-0.39, 0.29) is 16.6 Å². The number of hydrogen-bond acceptors (Lipinski definition) is 3. The summed E-state index contributed by atoms with van der Waals surface area (Å²) >= 11 is 3.25. The lowest BCUT2D eigenvalue weighted by Gasteiger charge is -2.17. The lowest BCUT2D eigenvalue weighted by atomic mass is 10.1. The van der Waals surface area contributed by atoms with E-state index >= 15 is 0 Å². The van der Waals surface area contributed by atoms with Crippen molar-refractivity contribution < 1.29 is 8.42 Å². The molecule has 1 unspecified atom stereocenters. The molecule has 4 nitrogen and oxygen atoms in total. The Bertz CT molecular complexity index is 515. The van der Waals surface area contributed by atoms with E-state index in [1.54, 1.807) is 12.1 Å². The fraction of sp³-hybridized carbons (Fsp3) is 0.500. The van der Waals surface area contributed by atoms with Crippen LogP contribution in [0.15, 0.2) is 27.6 Å². The van der Waals surface area contributed by atoms with Gasteiger partial charge >= 0.3 is 0 Å². The number of halogens is 1. The minimum absolute atomic E-state index is 0.113. The maximum absolute atomic E-state index is 12.1. The first-order valence-electron chi connectivity index (χ1n) is 5.79. The average molecular weight is 335 g/mol. The largest absolute Gasteiger partial charge is 0.398 e. The molecule has 0 aliphatic heterocycles. The van der Waals surface area contributed by atoms with E-state index in [1.165, 1.54) is 6.07 Å². The minimum atomic E-state index is -3.55. The molecule has 1 aromatic carbocycles. The van der Waals surface area contributed by atoms with Crippen LogP contribution in [-0.4, -0.2) is 14.5 Å². The summed E-state index contributed by atoms with van der Waals surface area (Å²) in [4.78, 5) is 0.126. The summed E-state index contributed by atoms with van der Waals surface area (Å²) in [5.41, 5.74) is 5.98. The first-order chi connectivity index (χ1) is 8.22. The lowest BCUT2D eigenvalue weighted by molar-refractivity contribution is 0.482. The number of nitrogens with one attached hydrogen (secondary N) is 1. The number of hydrogen-bond donors (Lipinski definition) is 2. The van der Waals surface area contributed by atoms with Crippen molar-refractivity contribution in [1.29, 1.82) is 0 Å². The standard InChI is InChI=1S/C12H19BrN2O2S/c1-8(2)6-9(3)15-18(16,17)12-5-4-10(13)7-11(12)14/h4-5,7-9,15H,6,14H2,1-3H3. The predicted molar refractivity (Wildman–Crippen MR) is 77.8 cm³/mol. The van der Waals surface area contributed by atoms with Crippen molar-refractivity contribution in [2.45, 2.75) is 38.1 Å². The van der Waals surface area contributed by atoms with Gasteiger partial charge in [-0.25, -0.2) is 13.1 Å². The van der Waals surface area contributed by atoms with E-state index in [1.807, 2.05) is 6.92 Å². The topological polar surface area (TPSA) is 72.2 Å². The summed E-state index contributed by atoms with van der Waals surface area (Å²) in [5, 5.41) is 0. The van der Waals surface area contributed by atoms with Crippen LogP contribution >= 0.6 is 15.9 Å². The number of nitrogen functional groups attached to an aromatic ring is 1. The van der Waals surface area contributed by atoms with Gasteiger partial charge in [0, 0.05) is 10.5 Å². The van der Waals surface area contributed by atoms with Crippen LogP contribution in [0.4, 0.5) is 5.69 Å². The van der Waals surface area contributed by atoms with Crippen molar-refractivity contribution in [3.63, 3.8) is 0 Å². The highest BCUT2D eigenvalue weighted by atomic mass is 79.9. The molecule has 0 saturated heterocycles. The molecule has 0 amide bonds. The molecule has 18 heavy (non-hydrogen) atoms. The van der Waals surface area contributed by atoms with Crippen LogP contribution in [0, 0.1) is 5.92 Å². The molecule has 0 spiro atoms. The minimum Gasteiger partial charge on any atom is -0.398 e. The summed E-state index contributed by atoms with van der Waals surface area (Å²) in [6.45, 7) is 5.96. The Morgan fingerprint density at radius 1 is 1.33 bits per heavy atom. The Hall–Kier alpha value is -0.590. The first kappa shape index (κ1) is 15.5. The van der Waals surface area contributed by atoms with Gasteiger partial charge in [0.25, 0.3) is 0 Å².